The third-order valence-corrected chi connectivity index (χ3v) is 5.83. The predicted octanol–water partition coefficient (Wildman–Crippen LogP) is 4.85. The Morgan fingerprint density at radius 3 is 2.54 bits per heavy atom. The fourth-order valence-corrected chi connectivity index (χ4v) is 4.20. The largest absolute Gasteiger partial charge is 0.493 e. The number of hydrogen-bond donors (Lipinski definition) is 1. The van der Waals surface area contributed by atoms with Crippen LogP contribution in [0.15, 0.2) is 24.9 Å². The number of H-pyrrole nitrogens is 1. The Bertz CT molecular complexity index is 821. The first-order valence-electron chi connectivity index (χ1n) is 9.66. The zero-order valence-electron chi connectivity index (χ0n) is 16.2. The number of hydrogen-bond acceptors (Lipinski definition) is 3. The predicted molar refractivity (Wildman–Crippen MR) is 107 cm³/mol. The molecule has 4 nitrogen and oxygen atoms in total. The smallest absolute Gasteiger partial charge is 0.121 e. The maximum atomic E-state index is 9.12. The van der Waals surface area contributed by atoms with Crippen molar-refractivity contribution < 1.29 is 4.74 Å². The lowest BCUT2D eigenvalue weighted by Crippen LogP contribution is -2.50. The summed E-state index contributed by atoms with van der Waals surface area (Å²) in [5.74, 6) is 0.733. The maximum absolute atomic E-state index is 9.12. The molecule has 2 bridgehead atoms. The van der Waals surface area contributed by atoms with Gasteiger partial charge in [-0.3, -0.25) is 0 Å². The fraction of sp³-hybridized carbons (Fsp3) is 0.500. The molecule has 4 heteroatoms. The Morgan fingerprint density at radius 2 is 1.92 bits per heavy atom. The zero-order valence-corrected chi connectivity index (χ0v) is 16.2. The van der Waals surface area contributed by atoms with E-state index in [9.17, 15) is 0 Å². The Labute approximate surface area is 156 Å². The van der Waals surface area contributed by atoms with E-state index in [-0.39, 0.29) is 0 Å². The molecule has 4 heterocycles. The molecule has 1 N–H and O–H groups in total. The summed E-state index contributed by atoms with van der Waals surface area (Å²) >= 11 is 0. The van der Waals surface area contributed by atoms with Crippen LogP contribution in [0, 0.1) is 23.7 Å². The SMILES string of the molecule is C=C(OCC12CCN(CC1)CC2)c1c[nH]c2cc(C#N)cc(C)c12.CC. The molecule has 3 fully saturated rings. The van der Waals surface area contributed by atoms with Crippen LogP contribution in [0.4, 0.5) is 0 Å². The summed E-state index contributed by atoms with van der Waals surface area (Å²) in [5.41, 5.74) is 4.07. The van der Waals surface area contributed by atoms with E-state index in [4.69, 9.17) is 10.00 Å². The number of aromatic nitrogens is 1. The van der Waals surface area contributed by atoms with Crippen LogP contribution in [-0.2, 0) is 4.74 Å². The summed E-state index contributed by atoms with van der Waals surface area (Å²) in [6.45, 7) is 14.6. The van der Waals surface area contributed by atoms with Gasteiger partial charge in [0.15, 0.2) is 0 Å². The van der Waals surface area contributed by atoms with Gasteiger partial charge < -0.3 is 14.6 Å². The van der Waals surface area contributed by atoms with Crippen molar-refractivity contribution in [2.24, 2.45) is 5.41 Å². The molecule has 0 spiro atoms. The molecule has 5 rings (SSSR count). The van der Waals surface area contributed by atoms with Gasteiger partial charge in [0.2, 0.25) is 0 Å². The summed E-state index contributed by atoms with van der Waals surface area (Å²) in [5, 5.41) is 10.2. The second-order valence-corrected chi connectivity index (χ2v) is 7.33. The van der Waals surface area contributed by atoms with Crippen LogP contribution < -0.4 is 0 Å². The average molecular weight is 351 g/mol. The van der Waals surface area contributed by atoms with Crippen molar-refractivity contribution >= 4 is 16.7 Å². The topological polar surface area (TPSA) is 52.0 Å². The highest BCUT2D eigenvalue weighted by Gasteiger charge is 2.40. The minimum Gasteiger partial charge on any atom is -0.493 e. The number of aromatic amines is 1. The van der Waals surface area contributed by atoms with Gasteiger partial charge in [-0.2, -0.15) is 5.26 Å². The van der Waals surface area contributed by atoms with Gasteiger partial charge in [0.05, 0.1) is 18.2 Å². The summed E-state index contributed by atoms with van der Waals surface area (Å²) in [4.78, 5) is 5.80. The minimum atomic E-state index is 0.340. The van der Waals surface area contributed by atoms with Crippen molar-refractivity contribution in [2.75, 3.05) is 26.2 Å². The fourth-order valence-electron chi connectivity index (χ4n) is 4.20. The van der Waals surface area contributed by atoms with E-state index in [0.717, 1.165) is 34.4 Å². The number of aryl methyl sites for hydroxylation is 1. The lowest BCUT2D eigenvalue weighted by Gasteiger charge is -2.48. The van der Waals surface area contributed by atoms with Gasteiger partial charge in [-0.05, 0) is 63.5 Å². The number of benzene rings is 1. The van der Waals surface area contributed by atoms with Gasteiger partial charge >= 0.3 is 0 Å². The first-order valence-corrected chi connectivity index (χ1v) is 9.66. The summed E-state index contributed by atoms with van der Waals surface area (Å²) in [6, 6.07) is 6.01. The second kappa shape index (κ2) is 7.55. The van der Waals surface area contributed by atoms with Gasteiger partial charge in [0, 0.05) is 28.1 Å². The first kappa shape index (κ1) is 18.5. The van der Waals surface area contributed by atoms with Crippen molar-refractivity contribution in [2.45, 2.75) is 40.0 Å². The Kier molecular flexibility index (Phi) is 5.38. The number of fused-ring (bicyclic) bond motifs is 4. The summed E-state index contributed by atoms with van der Waals surface area (Å²) in [7, 11) is 0. The standard InChI is InChI=1S/C20H23N3O.C2H6/c1-14-9-16(11-21)10-18-19(14)17(12-22-18)15(2)24-13-20-3-6-23(7-4-20)8-5-20;1-2/h9-10,12,22H,2-8,13H2,1H3;1-2H3. The number of ether oxygens (including phenoxy) is 1. The maximum Gasteiger partial charge on any atom is 0.121 e. The molecule has 138 valence electrons. The molecule has 26 heavy (non-hydrogen) atoms. The van der Waals surface area contributed by atoms with Crippen LogP contribution in [0.2, 0.25) is 0 Å². The molecule has 0 unspecified atom stereocenters. The monoisotopic (exact) mass is 351 g/mol. The van der Waals surface area contributed by atoms with E-state index in [1.54, 1.807) is 0 Å². The van der Waals surface area contributed by atoms with Crippen molar-refractivity contribution in [1.82, 2.24) is 9.88 Å². The van der Waals surface area contributed by atoms with E-state index in [1.807, 2.05) is 39.1 Å². The normalized spacial score (nSPS) is 23.8. The molecule has 2 aromatic rings. The summed E-state index contributed by atoms with van der Waals surface area (Å²) < 4.78 is 6.17. The molecule has 1 aromatic carbocycles. The molecule has 3 aliphatic heterocycles. The van der Waals surface area contributed by atoms with Crippen LogP contribution in [-0.4, -0.2) is 36.1 Å². The van der Waals surface area contributed by atoms with Crippen LogP contribution in [0.1, 0.15) is 49.8 Å². The van der Waals surface area contributed by atoms with E-state index >= 15 is 0 Å². The lowest BCUT2D eigenvalue weighted by molar-refractivity contribution is -0.0148. The molecular formula is C22H29N3O. The summed E-state index contributed by atoms with van der Waals surface area (Å²) in [6.07, 6.45) is 5.65. The molecule has 0 amide bonds. The van der Waals surface area contributed by atoms with Crippen LogP contribution in [0.3, 0.4) is 0 Å². The number of rotatable bonds is 4. The van der Waals surface area contributed by atoms with Gasteiger partial charge in [-0.15, -0.1) is 0 Å². The molecule has 0 radical (unpaired) electrons. The second-order valence-electron chi connectivity index (χ2n) is 7.33. The number of nitrogens with one attached hydrogen (secondary N) is 1. The Hall–Kier alpha value is -2.25. The number of piperidine rings is 3. The molecule has 0 aliphatic carbocycles. The molecule has 3 saturated heterocycles. The highest BCUT2D eigenvalue weighted by Crippen LogP contribution is 2.41. The quantitative estimate of drug-likeness (QED) is 0.801. The van der Waals surface area contributed by atoms with E-state index < -0.39 is 0 Å². The van der Waals surface area contributed by atoms with Crippen molar-refractivity contribution in [3.8, 4) is 6.07 Å². The third kappa shape index (κ3) is 3.37. The van der Waals surface area contributed by atoms with Gasteiger partial charge in [-0.25, -0.2) is 0 Å². The lowest BCUT2D eigenvalue weighted by atomic mass is 9.73. The number of nitrogens with zero attached hydrogens (tertiary/aromatic N) is 2. The first-order chi connectivity index (χ1) is 12.6. The van der Waals surface area contributed by atoms with Crippen LogP contribution >= 0.6 is 0 Å². The van der Waals surface area contributed by atoms with Crippen molar-refractivity contribution in [3.05, 3.63) is 41.6 Å². The zero-order chi connectivity index (χ0) is 18.7. The molecule has 0 saturated carbocycles. The third-order valence-electron chi connectivity index (χ3n) is 5.83. The van der Waals surface area contributed by atoms with Gasteiger partial charge in [0.1, 0.15) is 5.76 Å². The van der Waals surface area contributed by atoms with Crippen molar-refractivity contribution in [3.63, 3.8) is 0 Å². The van der Waals surface area contributed by atoms with E-state index in [1.165, 1.54) is 38.9 Å². The molecule has 3 aliphatic rings. The highest BCUT2D eigenvalue weighted by molar-refractivity contribution is 5.94. The van der Waals surface area contributed by atoms with Crippen molar-refractivity contribution in [1.29, 1.82) is 5.26 Å². The average Bonchev–Trinajstić information content (AvgIpc) is 3.14. The van der Waals surface area contributed by atoms with Crippen LogP contribution in [0.5, 0.6) is 0 Å². The highest BCUT2D eigenvalue weighted by atomic mass is 16.5. The van der Waals surface area contributed by atoms with E-state index in [2.05, 4.69) is 22.5 Å². The Balaban J connectivity index is 0.000000948. The molecular weight excluding hydrogens is 322 g/mol. The van der Waals surface area contributed by atoms with Gasteiger partial charge in [-0.1, -0.05) is 20.4 Å². The van der Waals surface area contributed by atoms with Gasteiger partial charge in [0.25, 0.3) is 0 Å². The Morgan fingerprint density at radius 1 is 1.27 bits per heavy atom. The van der Waals surface area contributed by atoms with Crippen LogP contribution in [0.25, 0.3) is 16.7 Å². The minimum absolute atomic E-state index is 0.340. The van der Waals surface area contributed by atoms with E-state index in [0.29, 0.717) is 11.0 Å². The molecule has 1 aromatic heterocycles. The molecule has 0 atom stereocenters. The number of nitriles is 1.